The molecule has 0 saturated heterocycles. The fourth-order valence-electron chi connectivity index (χ4n) is 3.97. The fourth-order valence-corrected chi connectivity index (χ4v) is 3.97. The Morgan fingerprint density at radius 1 is 1.43 bits per heavy atom. The Bertz CT molecular complexity index is 656. The van der Waals surface area contributed by atoms with E-state index < -0.39 is 0 Å². The van der Waals surface area contributed by atoms with Crippen molar-refractivity contribution >= 4 is 11.6 Å². The molecule has 3 rings (SSSR count). The molecule has 2 atom stereocenters. The van der Waals surface area contributed by atoms with Gasteiger partial charge in [-0.1, -0.05) is 26.8 Å². The van der Waals surface area contributed by atoms with Crippen molar-refractivity contribution in [2.45, 2.75) is 40.0 Å². The zero-order valence-electron chi connectivity index (χ0n) is 13.9. The second-order valence-electron chi connectivity index (χ2n) is 7.33. The zero-order chi connectivity index (χ0) is 16.7. The summed E-state index contributed by atoms with van der Waals surface area (Å²) in [6.07, 6.45) is 3.31. The molecule has 2 fully saturated rings. The van der Waals surface area contributed by atoms with Crippen LogP contribution in [0.3, 0.4) is 0 Å². The van der Waals surface area contributed by atoms with Gasteiger partial charge in [-0.05, 0) is 42.7 Å². The van der Waals surface area contributed by atoms with Crippen molar-refractivity contribution in [3.05, 3.63) is 30.1 Å². The lowest BCUT2D eigenvalue weighted by Gasteiger charge is -2.34. The van der Waals surface area contributed by atoms with Gasteiger partial charge in [-0.15, -0.1) is 0 Å². The molecule has 2 bridgehead atoms. The molecule has 0 radical (unpaired) electrons. The molecule has 2 aliphatic carbocycles. The Labute approximate surface area is 136 Å². The number of carbonyl (C=O) groups excluding carboxylic acids is 1. The van der Waals surface area contributed by atoms with E-state index in [4.69, 9.17) is 4.74 Å². The number of hydrogen-bond acceptors (Lipinski definition) is 3. The maximum Gasteiger partial charge on any atom is 0.277 e. The number of amides is 1. The number of rotatable bonds is 4. The third-order valence-electron chi connectivity index (χ3n) is 5.99. The molecule has 0 aromatic heterocycles. The van der Waals surface area contributed by atoms with Crippen molar-refractivity contribution in [1.29, 1.82) is 0 Å². The Kier molecular flexibility index (Phi) is 3.90. The van der Waals surface area contributed by atoms with E-state index >= 15 is 0 Å². The van der Waals surface area contributed by atoms with Crippen LogP contribution < -0.4 is 10.2 Å². The molecule has 2 saturated carbocycles. The number of hydrogen-bond donors (Lipinski definition) is 1. The first-order valence-electron chi connectivity index (χ1n) is 8.07. The van der Waals surface area contributed by atoms with E-state index in [1.165, 1.54) is 18.6 Å². The number of nitrogens with one attached hydrogen (secondary N) is 1. The Hall–Kier alpha value is -1.91. The van der Waals surface area contributed by atoms with Crippen LogP contribution in [0.4, 0.5) is 4.39 Å². The molecule has 4 nitrogen and oxygen atoms in total. The molecule has 1 aromatic carbocycles. The predicted octanol–water partition coefficient (Wildman–Crippen LogP) is 3.52. The Morgan fingerprint density at radius 3 is 2.83 bits per heavy atom. The number of nitrogens with zero attached hydrogens (tertiary/aromatic N) is 1. The fraction of sp³-hybridized carbons (Fsp3) is 0.556. The summed E-state index contributed by atoms with van der Waals surface area (Å²) >= 11 is 0. The van der Waals surface area contributed by atoms with Crippen molar-refractivity contribution in [3.63, 3.8) is 0 Å². The van der Waals surface area contributed by atoms with E-state index in [0.29, 0.717) is 11.7 Å². The van der Waals surface area contributed by atoms with Crippen LogP contribution in [0.25, 0.3) is 0 Å². The van der Waals surface area contributed by atoms with E-state index in [1.807, 2.05) is 0 Å². The first-order valence-corrected chi connectivity index (χ1v) is 8.07. The summed E-state index contributed by atoms with van der Waals surface area (Å²) in [5.41, 5.74) is 3.96. The predicted molar refractivity (Wildman–Crippen MR) is 86.7 cm³/mol. The van der Waals surface area contributed by atoms with Gasteiger partial charge in [-0.3, -0.25) is 4.79 Å². The highest BCUT2D eigenvalue weighted by molar-refractivity contribution is 5.95. The lowest BCUT2D eigenvalue weighted by molar-refractivity contribution is -0.123. The zero-order valence-corrected chi connectivity index (χ0v) is 13.9. The summed E-state index contributed by atoms with van der Waals surface area (Å²) in [7, 11) is 0. The van der Waals surface area contributed by atoms with E-state index in [0.717, 1.165) is 18.6 Å². The average Bonchev–Trinajstić information content (AvgIpc) is 2.84. The first kappa shape index (κ1) is 16.0. The van der Waals surface area contributed by atoms with Crippen molar-refractivity contribution < 1.29 is 13.9 Å². The maximum atomic E-state index is 13.0. The summed E-state index contributed by atoms with van der Waals surface area (Å²) in [4.78, 5) is 11.9. The Balaban J connectivity index is 1.57. The molecule has 1 aromatic rings. The van der Waals surface area contributed by atoms with Crippen LogP contribution in [-0.2, 0) is 4.79 Å². The second-order valence-corrected chi connectivity index (χ2v) is 7.33. The lowest BCUT2D eigenvalue weighted by atomic mass is 9.70. The third-order valence-corrected chi connectivity index (χ3v) is 5.99. The van der Waals surface area contributed by atoms with Crippen molar-refractivity contribution in [1.82, 2.24) is 5.43 Å². The highest BCUT2D eigenvalue weighted by Gasteiger charge is 2.59. The summed E-state index contributed by atoms with van der Waals surface area (Å²) in [6, 6.07) is 5.73. The molecule has 124 valence electrons. The first-order chi connectivity index (χ1) is 10.8. The van der Waals surface area contributed by atoms with E-state index in [-0.39, 0.29) is 29.2 Å². The third kappa shape index (κ3) is 2.73. The topological polar surface area (TPSA) is 50.7 Å². The van der Waals surface area contributed by atoms with Crippen LogP contribution in [0.5, 0.6) is 5.75 Å². The molecule has 1 amide bonds. The van der Waals surface area contributed by atoms with Crippen LogP contribution >= 0.6 is 0 Å². The van der Waals surface area contributed by atoms with Gasteiger partial charge in [0, 0.05) is 17.2 Å². The van der Waals surface area contributed by atoms with E-state index in [2.05, 4.69) is 31.3 Å². The molecular formula is C18H23FN2O2. The van der Waals surface area contributed by atoms with Gasteiger partial charge in [0.05, 0.1) is 0 Å². The van der Waals surface area contributed by atoms with E-state index in [1.54, 1.807) is 12.1 Å². The van der Waals surface area contributed by atoms with Gasteiger partial charge in [0.1, 0.15) is 11.6 Å². The minimum Gasteiger partial charge on any atom is -0.484 e. The summed E-state index contributed by atoms with van der Waals surface area (Å²) in [6.45, 7) is 6.65. The van der Waals surface area contributed by atoms with Gasteiger partial charge in [0.2, 0.25) is 0 Å². The molecule has 0 heterocycles. The normalized spacial score (nSPS) is 29.7. The lowest BCUT2D eigenvalue weighted by Crippen LogP contribution is -2.35. The van der Waals surface area contributed by atoms with Gasteiger partial charge in [0.15, 0.2) is 6.61 Å². The van der Waals surface area contributed by atoms with Crippen LogP contribution in [0.2, 0.25) is 0 Å². The standard InChI is InChI=1S/C18H23FN2O2/c1-17(2)12-7-8-18(17,3)15(9-12)20-21-16(22)11-23-14-6-4-5-13(19)10-14/h4-6,10,12H,7-9,11H2,1-3H3,(H,21,22)/b20-15+/t12-,18+/m0/s1. The number of benzene rings is 1. The minimum atomic E-state index is -0.389. The van der Waals surface area contributed by atoms with E-state index in [9.17, 15) is 9.18 Å². The highest BCUT2D eigenvalue weighted by Crippen LogP contribution is 2.63. The molecule has 0 spiro atoms. The largest absolute Gasteiger partial charge is 0.484 e. The number of fused-ring (bicyclic) bond motifs is 2. The minimum absolute atomic E-state index is 0.0639. The van der Waals surface area contributed by atoms with Gasteiger partial charge in [-0.25, -0.2) is 9.82 Å². The molecule has 2 aliphatic rings. The Morgan fingerprint density at radius 2 is 2.22 bits per heavy atom. The molecule has 1 N–H and O–H groups in total. The van der Waals surface area contributed by atoms with Crippen molar-refractivity contribution in [2.75, 3.05) is 6.61 Å². The van der Waals surface area contributed by atoms with Gasteiger partial charge in [0.25, 0.3) is 5.91 Å². The number of halogens is 1. The molecule has 5 heteroatoms. The van der Waals surface area contributed by atoms with Crippen LogP contribution in [0, 0.1) is 22.6 Å². The average molecular weight is 318 g/mol. The number of carbonyl (C=O) groups is 1. The van der Waals surface area contributed by atoms with Gasteiger partial charge >= 0.3 is 0 Å². The molecular weight excluding hydrogens is 295 g/mol. The monoisotopic (exact) mass is 318 g/mol. The van der Waals surface area contributed by atoms with Crippen LogP contribution in [-0.4, -0.2) is 18.2 Å². The summed E-state index contributed by atoms with van der Waals surface area (Å²) in [5.74, 6) is 0.263. The van der Waals surface area contributed by atoms with Crippen molar-refractivity contribution in [2.24, 2.45) is 21.8 Å². The maximum absolute atomic E-state index is 13.0. The van der Waals surface area contributed by atoms with Crippen LogP contribution in [0.15, 0.2) is 29.4 Å². The van der Waals surface area contributed by atoms with Gasteiger partial charge in [-0.2, -0.15) is 5.10 Å². The summed E-state index contributed by atoms with van der Waals surface area (Å²) < 4.78 is 18.3. The SMILES string of the molecule is CC1(C)[C@H]2CC[C@]1(C)/C(=N/NC(=O)COc1cccc(F)c1)C2. The smallest absolute Gasteiger partial charge is 0.277 e. The number of hydrazone groups is 1. The highest BCUT2D eigenvalue weighted by atomic mass is 19.1. The molecule has 0 unspecified atom stereocenters. The molecule has 23 heavy (non-hydrogen) atoms. The summed E-state index contributed by atoms with van der Waals surface area (Å²) in [5, 5.41) is 4.37. The van der Waals surface area contributed by atoms with Crippen molar-refractivity contribution in [3.8, 4) is 5.75 Å². The van der Waals surface area contributed by atoms with Gasteiger partial charge < -0.3 is 4.74 Å². The second kappa shape index (κ2) is 5.62. The van der Waals surface area contributed by atoms with Crippen LogP contribution in [0.1, 0.15) is 40.0 Å². The molecule has 0 aliphatic heterocycles. The quantitative estimate of drug-likeness (QED) is 0.864. The number of ether oxygens (including phenoxy) is 1.